The van der Waals surface area contributed by atoms with E-state index in [0.717, 1.165) is 24.1 Å². The van der Waals surface area contributed by atoms with Crippen LogP contribution in [0.15, 0.2) is 59.4 Å². The Morgan fingerprint density at radius 1 is 1.17 bits per heavy atom. The minimum Gasteiger partial charge on any atom is -0.374 e. The summed E-state index contributed by atoms with van der Waals surface area (Å²) in [4.78, 5) is 2.37. The highest BCUT2D eigenvalue weighted by atomic mass is 79.9. The van der Waals surface area contributed by atoms with E-state index in [2.05, 4.69) is 56.4 Å². The summed E-state index contributed by atoms with van der Waals surface area (Å²) in [6.07, 6.45) is 13.7. The molecule has 0 saturated carbocycles. The minimum absolute atomic E-state index is 0.978. The minimum atomic E-state index is 0.978. The number of nitrogens with zero attached hydrogens (tertiary/aromatic N) is 3. The second-order valence-electron chi connectivity index (χ2n) is 5.72. The third-order valence-electron chi connectivity index (χ3n) is 3.88. The molecule has 3 nitrogen and oxygen atoms in total. The molecule has 0 bridgehead atoms. The molecule has 23 heavy (non-hydrogen) atoms. The molecule has 0 amide bonds. The Bertz CT molecular complexity index is 537. The van der Waals surface area contributed by atoms with E-state index in [9.17, 15) is 0 Å². The Balaban J connectivity index is 1.72. The lowest BCUT2D eigenvalue weighted by molar-refractivity contribution is 0.393. The number of halogens is 1. The summed E-state index contributed by atoms with van der Waals surface area (Å²) < 4.78 is 0. The molecule has 1 aromatic carbocycles. The van der Waals surface area contributed by atoms with Gasteiger partial charge in [-0.2, -0.15) is 5.10 Å². The first-order chi connectivity index (χ1) is 11.3. The van der Waals surface area contributed by atoms with Crippen molar-refractivity contribution in [3.8, 4) is 0 Å². The van der Waals surface area contributed by atoms with Gasteiger partial charge in [0.05, 0.1) is 11.9 Å². The Hall–Kier alpha value is -1.55. The van der Waals surface area contributed by atoms with Gasteiger partial charge in [0.2, 0.25) is 0 Å². The van der Waals surface area contributed by atoms with Gasteiger partial charge in [0.25, 0.3) is 0 Å². The first-order valence-electron chi connectivity index (χ1n) is 8.31. The quantitative estimate of drug-likeness (QED) is 0.266. The number of unbranched alkanes of at least 4 members (excludes halogenated alkanes) is 3. The van der Waals surface area contributed by atoms with E-state index in [-0.39, 0.29) is 0 Å². The van der Waals surface area contributed by atoms with Crippen LogP contribution >= 0.6 is 15.9 Å². The van der Waals surface area contributed by atoms with E-state index in [1.807, 2.05) is 36.5 Å². The molecule has 0 N–H and O–H groups in total. The maximum atomic E-state index is 4.50. The van der Waals surface area contributed by atoms with Crippen molar-refractivity contribution in [3.05, 3.63) is 54.3 Å². The van der Waals surface area contributed by atoms with Gasteiger partial charge < -0.3 is 4.90 Å². The molecule has 1 aliphatic rings. The largest absolute Gasteiger partial charge is 0.374 e. The summed E-state index contributed by atoms with van der Waals surface area (Å²) in [5.41, 5.74) is 2.26. The third-order valence-corrected chi connectivity index (χ3v) is 4.44. The molecule has 0 aliphatic carbocycles. The Labute approximate surface area is 148 Å². The fraction of sp³-hybridized carbons (Fsp3) is 0.421. The molecule has 2 rings (SSSR count). The molecule has 1 heterocycles. The number of benzene rings is 1. The zero-order valence-corrected chi connectivity index (χ0v) is 15.5. The Morgan fingerprint density at radius 3 is 2.65 bits per heavy atom. The third kappa shape index (κ3) is 6.61. The van der Waals surface area contributed by atoms with Crippen molar-refractivity contribution < 1.29 is 0 Å². The van der Waals surface area contributed by atoms with Crippen molar-refractivity contribution in [2.45, 2.75) is 25.7 Å². The molecule has 0 atom stereocenters. The van der Waals surface area contributed by atoms with Gasteiger partial charge in [-0.05, 0) is 42.8 Å². The van der Waals surface area contributed by atoms with Gasteiger partial charge in [0.1, 0.15) is 0 Å². The van der Waals surface area contributed by atoms with Crippen molar-refractivity contribution in [1.82, 2.24) is 4.90 Å². The first-order valence-corrected chi connectivity index (χ1v) is 9.43. The molecular formula is C19H26BrN3. The second kappa shape index (κ2) is 10.3. The number of rotatable bonds is 9. The van der Waals surface area contributed by atoms with Crippen LogP contribution in [0.2, 0.25) is 0 Å². The SMILES string of the molecule is CN(/N=C/C1=CCN(CCCCCCBr)C=C1)c1ccccc1. The summed E-state index contributed by atoms with van der Waals surface area (Å²) in [5, 5.41) is 7.52. The highest BCUT2D eigenvalue weighted by Gasteiger charge is 2.03. The van der Waals surface area contributed by atoms with Crippen LogP contribution in [0.1, 0.15) is 25.7 Å². The molecule has 124 valence electrons. The lowest BCUT2D eigenvalue weighted by Crippen LogP contribution is -2.21. The van der Waals surface area contributed by atoms with Crippen LogP contribution in [-0.2, 0) is 0 Å². The van der Waals surface area contributed by atoms with Crippen LogP contribution in [0.3, 0.4) is 0 Å². The van der Waals surface area contributed by atoms with Gasteiger partial charge >= 0.3 is 0 Å². The fourth-order valence-corrected chi connectivity index (χ4v) is 2.83. The molecule has 0 spiro atoms. The summed E-state index contributed by atoms with van der Waals surface area (Å²) in [6, 6.07) is 10.2. The normalized spacial score (nSPS) is 14.3. The van der Waals surface area contributed by atoms with Crippen LogP contribution < -0.4 is 5.01 Å². The van der Waals surface area contributed by atoms with Crippen molar-refractivity contribution in [3.63, 3.8) is 0 Å². The van der Waals surface area contributed by atoms with Crippen LogP contribution in [0.25, 0.3) is 0 Å². The standard InChI is InChI=1S/C19H26BrN3/c1-22(19-9-5-4-6-10-19)21-17-18-11-15-23(16-12-18)14-8-3-2-7-13-20/h4-6,9-12,15,17H,2-3,7-8,13-14,16H2,1H3/b21-17+. The van der Waals surface area contributed by atoms with Gasteiger partial charge in [-0.3, -0.25) is 5.01 Å². The second-order valence-corrected chi connectivity index (χ2v) is 6.51. The predicted molar refractivity (Wildman–Crippen MR) is 104 cm³/mol. The predicted octanol–water partition coefficient (Wildman–Crippen LogP) is 4.82. The molecule has 1 aromatic rings. The summed E-state index contributed by atoms with van der Waals surface area (Å²) in [5.74, 6) is 0. The number of alkyl halides is 1. The topological polar surface area (TPSA) is 18.8 Å². The lowest BCUT2D eigenvalue weighted by Gasteiger charge is -2.22. The first kappa shape index (κ1) is 17.8. The van der Waals surface area contributed by atoms with E-state index in [1.54, 1.807) is 0 Å². The van der Waals surface area contributed by atoms with E-state index in [1.165, 1.54) is 31.3 Å². The van der Waals surface area contributed by atoms with Gasteiger partial charge in [-0.15, -0.1) is 0 Å². The van der Waals surface area contributed by atoms with Gasteiger partial charge in [-0.25, -0.2) is 0 Å². The maximum Gasteiger partial charge on any atom is 0.0590 e. The van der Waals surface area contributed by atoms with Gasteiger partial charge in [0.15, 0.2) is 0 Å². The Kier molecular flexibility index (Phi) is 7.95. The number of allylic oxidation sites excluding steroid dienone is 2. The average Bonchev–Trinajstić information content (AvgIpc) is 2.61. The van der Waals surface area contributed by atoms with Crippen LogP contribution in [0, 0.1) is 0 Å². The van der Waals surface area contributed by atoms with Crippen molar-refractivity contribution >= 4 is 27.8 Å². The number of anilines is 1. The maximum absolute atomic E-state index is 4.50. The Morgan fingerprint density at radius 2 is 1.96 bits per heavy atom. The zero-order valence-electron chi connectivity index (χ0n) is 13.9. The van der Waals surface area contributed by atoms with E-state index < -0.39 is 0 Å². The zero-order chi connectivity index (χ0) is 16.3. The average molecular weight is 376 g/mol. The van der Waals surface area contributed by atoms with Crippen molar-refractivity contribution in [2.75, 3.05) is 30.5 Å². The molecule has 0 fully saturated rings. The summed E-state index contributed by atoms with van der Waals surface area (Å²) in [7, 11) is 1.97. The number of hydrazone groups is 1. The molecule has 0 aromatic heterocycles. The van der Waals surface area contributed by atoms with Crippen LogP contribution in [0.5, 0.6) is 0 Å². The smallest absolute Gasteiger partial charge is 0.0590 e. The summed E-state index contributed by atoms with van der Waals surface area (Å²) in [6.45, 7) is 2.12. The molecule has 1 aliphatic heterocycles. The molecule has 0 radical (unpaired) electrons. The van der Waals surface area contributed by atoms with Crippen LogP contribution in [-0.4, -0.2) is 36.6 Å². The molecular weight excluding hydrogens is 350 g/mol. The van der Waals surface area contributed by atoms with E-state index in [4.69, 9.17) is 0 Å². The van der Waals surface area contributed by atoms with E-state index >= 15 is 0 Å². The number of hydrogen-bond acceptors (Lipinski definition) is 3. The lowest BCUT2D eigenvalue weighted by atomic mass is 10.1. The molecule has 4 heteroatoms. The summed E-state index contributed by atoms with van der Waals surface area (Å²) >= 11 is 3.48. The number of para-hydroxylation sites is 1. The highest BCUT2D eigenvalue weighted by Crippen LogP contribution is 2.12. The van der Waals surface area contributed by atoms with Crippen molar-refractivity contribution in [1.29, 1.82) is 0 Å². The van der Waals surface area contributed by atoms with Gasteiger partial charge in [-0.1, -0.05) is 53.0 Å². The molecule has 0 saturated heterocycles. The monoisotopic (exact) mass is 375 g/mol. The molecule has 0 unspecified atom stereocenters. The highest BCUT2D eigenvalue weighted by molar-refractivity contribution is 9.09. The van der Waals surface area contributed by atoms with Gasteiger partial charge in [0, 0.05) is 25.5 Å². The number of hydrogen-bond donors (Lipinski definition) is 0. The van der Waals surface area contributed by atoms with Crippen molar-refractivity contribution in [2.24, 2.45) is 5.10 Å². The van der Waals surface area contributed by atoms with E-state index in [0.29, 0.717) is 0 Å². The van der Waals surface area contributed by atoms with Crippen LogP contribution in [0.4, 0.5) is 5.69 Å². The fourth-order valence-electron chi connectivity index (χ4n) is 2.43.